The molecular weight excluding hydrogens is 313 g/mol. The van der Waals surface area contributed by atoms with Crippen LogP contribution in [0.4, 0.5) is 0 Å². The summed E-state index contributed by atoms with van der Waals surface area (Å²) in [6, 6.07) is 8.12. The fraction of sp³-hybridized carbons (Fsp3) is 0.700. The number of benzene rings is 1. The fourth-order valence-electron chi connectivity index (χ4n) is 3.43. The highest BCUT2D eigenvalue weighted by Gasteiger charge is 2.51. The van der Waals surface area contributed by atoms with Crippen molar-refractivity contribution < 1.29 is 14.0 Å². The Labute approximate surface area is 152 Å². The first-order valence-corrected chi connectivity index (χ1v) is 9.66. The second kappa shape index (κ2) is 7.69. The summed E-state index contributed by atoms with van der Waals surface area (Å²) >= 11 is 0. The lowest BCUT2D eigenvalue weighted by atomic mass is 9.79. The van der Waals surface area contributed by atoms with Gasteiger partial charge in [-0.2, -0.15) is 0 Å². The fourth-order valence-corrected chi connectivity index (χ4v) is 3.43. The molecule has 2 saturated heterocycles. The summed E-state index contributed by atoms with van der Waals surface area (Å²) in [4.78, 5) is 0. The van der Waals surface area contributed by atoms with Crippen LogP contribution in [0.3, 0.4) is 0 Å². The summed E-state index contributed by atoms with van der Waals surface area (Å²) in [6.07, 6.45) is 5.03. The molecule has 25 heavy (non-hydrogen) atoms. The maximum absolute atomic E-state index is 6.09. The molecule has 0 saturated carbocycles. The molecule has 1 unspecified atom stereocenters. The van der Waals surface area contributed by atoms with E-state index in [1.165, 1.54) is 32.4 Å². The minimum absolute atomic E-state index is 0.305. The molecule has 0 bridgehead atoms. The number of hydrogen-bond donors (Lipinski definition) is 1. The van der Waals surface area contributed by atoms with Gasteiger partial charge in [-0.1, -0.05) is 12.1 Å². The Morgan fingerprint density at radius 3 is 2.40 bits per heavy atom. The van der Waals surface area contributed by atoms with Crippen molar-refractivity contribution in [2.24, 2.45) is 5.92 Å². The molecule has 0 spiro atoms. The van der Waals surface area contributed by atoms with Gasteiger partial charge < -0.3 is 19.4 Å². The topological polar surface area (TPSA) is 39.7 Å². The van der Waals surface area contributed by atoms with Crippen LogP contribution in [0.2, 0.25) is 0 Å². The Bertz CT molecular complexity index is 537. The zero-order chi connectivity index (χ0) is 17.9. The average Bonchev–Trinajstić information content (AvgIpc) is 2.81. The lowest BCUT2D eigenvalue weighted by molar-refractivity contribution is 0.00578. The van der Waals surface area contributed by atoms with Gasteiger partial charge in [-0.3, -0.25) is 0 Å². The number of piperidine rings is 1. The second-order valence-electron chi connectivity index (χ2n) is 8.36. The molecule has 1 aromatic carbocycles. The maximum Gasteiger partial charge on any atom is 0.494 e. The molecule has 5 heteroatoms. The summed E-state index contributed by atoms with van der Waals surface area (Å²) in [5.74, 6) is 1.74. The van der Waals surface area contributed by atoms with Crippen molar-refractivity contribution in [3.63, 3.8) is 0 Å². The standard InChI is InChI=1S/C20H32BNO3/c1-19(2)20(3,4)25-21(24-19)17-9-11-18(12-10-17)23-14-6-8-16-7-5-13-22-15-16/h9-12,16,22H,5-8,13-15H2,1-4H3. The molecule has 2 aliphatic heterocycles. The van der Waals surface area contributed by atoms with E-state index in [2.05, 4.69) is 33.0 Å². The number of hydrogen-bond acceptors (Lipinski definition) is 4. The third-order valence-electron chi connectivity index (χ3n) is 5.83. The number of rotatable bonds is 6. The van der Waals surface area contributed by atoms with Crippen molar-refractivity contribution in [3.05, 3.63) is 24.3 Å². The second-order valence-corrected chi connectivity index (χ2v) is 8.36. The summed E-state index contributed by atoms with van der Waals surface area (Å²) in [5.41, 5.74) is 0.432. The van der Waals surface area contributed by atoms with Gasteiger partial charge in [0, 0.05) is 0 Å². The highest BCUT2D eigenvalue weighted by atomic mass is 16.7. The molecule has 0 aromatic heterocycles. The van der Waals surface area contributed by atoms with Crippen molar-refractivity contribution in [3.8, 4) is 5.75 Å². The lowest BCUT2D eigenvalue weighted by Crippen LogP contribution is -2.41. The molecule has 0 amide bonds. The van der Waals surface area contributed by atoms with Crippen LogP contribution in [0.15, 0.2) is 24.3 Å². The molecule has 1 N–H and O–H groups in total. The van der Waals surface area contributed by atoms with E-state index >= 15 is 0 Å². The Kier molecular flexibility index (Phi) is 5.76. The Morgan fingerprint density at radius 2 is 1.80 bits per heavy atom. The van der Waals surface area contributed by atoms with Gasteiger partial charge in [0.25, 0.3) is 0 Å². The van der Waals surface area contributed by atoms with Gasteiger partial charge in [0.05, 0.1) is 17.8 Å². The van der Waals surface area contributed by atoms with Crippen LogP contribution in [-0.2, 0) is 9.31 Å². The molecule has 1 aromatic rings. The number of ether oxygens (including phenoxy) is 1. The quantitative estimate of drug-likeness (QED) is 0.635. The van der Waals surface area contributed by atoms with Gasteiger partial charge >= 0.3 is 7.12 Å². The summed E-state index contributed by atoms with van der Waals surface area (Å²) in [6.45, 7) is 11.4. The Morgan fingerprint density at radius 1 is 1.12 bits per heavy atom. The highest BCUT2D eigenvalue weighted by molar-refractivity contribution is 6.62. The zero-order valence-corrected chi connectivity index (χ0v) is 16.1. The molecule has 0 radical (unpaired) electrons. The normalized spacial score (nSPS) is 25.1. The number of nitrogens with one attached hydrogen (secondary N) is 1. The minimum Gasteiger partial charge on any atom is -0.494 e. The van der Waals surface area contributed by atoms with Gasteiger partial charge in [0.2, 0.25) is 0 Å². The van der Waals surface area contributed by atoms with Crippen LogP contribution in [0, 0.1) is 5.92 Å². The van der Waals surface area contributed by atoms with E-state index in [-0.39, 0.29) is 18.3 Å². The monoisotopic (exact) mass is 345 g/mol. The third-order valence-corrected chi connectivity index (χ3v) is 5.83. The smallest absolute Gasteiger partial charge is 0.494 e. The van der Waals surface area contributed by atoms with Gasteiger partial charge in [-0.15, -0.1) is 0 Å². The van der Waals surface area contributed by atoms with Crippen molar-refractivity contribution >= 4 is 12.6 Å². The Hall–Kier alpha value is -1.04. The van der Waals surface area contributed by atoms with E-state index in [0.29, 0.717) is 0 Å². The first-order valence-electron chi connectivity index (χ1n) is 9.66. The molecule has 0 aliphatic carbocycles. The van der Waals surface area contributed by atoms with Crippen LogP contribution in [0.5, 0.6) is 5.75 Å². The first-order chi connectivity index (χ1) is 11.9. The van der Waals surface area contributed by atoms with Crippen LogP contribution < -0.4 is 15.5 Å². The first kappa shape index (κ1) is 18.7. The van der Waals surface area contributed by atoms with E-state index in [1.54, 1.807) is 0 Å². The molecule has 138 valence electrons. The molecular formula is C20H32BNO3. The molecule has 1 atom stereocenters. The molecule has 4 nitrogen and oxygen atoms in total. The van der Waals surface area contributed by atoms with Crippen molar-refractivity contribution in [1.82, 2.24) is 5.32 Å². The maximum atomic E-state index is 6.09. The van der Waals surface area contributed by atoms with Crippen LogP contribution in [0.1, 0.15) is 53.4 Å². The molecule has 3 rings (SSSR count). The lowest BCUT2D eigenvalue weighted by Gasteiger charge is -2.32. The minimum atomic E-state index is -0.308. The predicted molar refractivity (Wildman–Crippen MR) is 102 cm³/mol. The third kappa shape index (κ3) is 4.58. The zero-order valence-electron chi connectivity index (χ0n) is 16.1. The average molecular weight is 345 g/mol. The van der Waals surface area contributed by atoms with E-state index in [4.69, 9.17) is 14.0 Å². The van der Waals surface area contributed by atoms with Crippen LogP contribution in [-0.4, -0.2) is 38.0 Å². The van der Waals surface area contributed by atoms with E-state index in [0.717, 1.165) is 30.2 Å². The Balaban J connectivity index is 1.45. The SMILES string of the molecule is CC1(C)OB(c2ccc(OCCCC3CCCNC3)cc2)OC1(C)C. The summed E-state index contributed by atoms with van der Waals surface area (Å²) in [5, 5.41) is 3.47. The largest absolute Gasteiger partial charge is 0.494 e. The van der Waals surface area contributed by atoms with Gasteiger partial charge in [-0.05, 0) is 90.0 Å². The summed E-state index contributed by atoms with van der Waals surface area (Å²) in [7, 11) is -0.308. The van der Waals surface area contributed by atoms with E-state index in [1.807, 2.05) is 24.3 Å². The van der Waals surface area contributed by atoms with Crippen LogP contribution >= 0.6 is 0 Å². The van der Waals surface area contributed by atoms with Gasteiger partial charge in [-0.25, -0.2) is 0 Å². The van der Waals surface area contributed by atoms with Gasteiger partial charge in [0.15, 0.2) is 0 Å². The molecule has 2 fully saturated rings. The van der Waals surface area contributed by atoms with Crippen molar-refractivity contribution in [2.75, 3.05) is 19.7 Å². The summed E-state index contributed by atoms with van der Waals surface area (Å²) < 4.78 is 18.1. The van der Waals surface area contributed by atoms with Crippen molar-refractivity contribution in [1.29, 1.82) is 0 Å². The van der Waals surface area contributed by atoms with E-state index < -0.39 is 0 Å². The predicted octanol–water partition coefficient (Wildman–Crippen LogP) is 3.14. The molecule has 2 aliphatic rings. The van der Waals surface area contributed by atoms with Crippen molar-refractivity contribution in [2.45, 2.75) is 64.6 Å². The van der Waals surface area contributed by atoms with Crippen LogP contribution in [0.25, 0.3) is 0 Å². The van der Waals surface area contributed by atoms with E-state index in [9.17, 15) is 0 Å². The highest BCUT2D eigenvalue weighted by Crippen LogP contribution is 2.36. The van der Waals surface area contributed by atoms with Gasteiger partial charge in [0.1, 0.15) is 5.75 Å². The molecule has 2 heterocycles.